The summed E-state index contributed by atoms with van der Waals surface area (Å²) in [7, 11) is 6.85. The van der Waals surface area contributed by atoms with Gasteiger partial charge in [-0.05, 0) is 37.2 Å². The van der Waals surface area contributed by atoms with Crippen LogP contribution in [0.1, 0.15) is 27.7 Å². The van der Waals surface area contributed by atoms with E-state index >= 15 is 0 Å². The minimum atomic E-state index is -0.190. The number of hydrogen-bond acceptors (Lipinski definition) is 7. The van der Waals surface area contributed by atoms with Crippen molar-refractivity contribution in [1.29, 1.82) is 0 Å². The quantitative estimate of drug-likeness (QED) is 0.593. The Bertz CT molecular complexity index is 1180. The lowest BCUT2D eigenvalue weighted by atomic mass is 9.91. The number of nitrogens with zero attached hydrogens (tertiary/aromatic N) is 1. The van der Waals surface area contributed by atoms with Crippen molar-refractivity contribution >= 4 is 16.8 Å². The second kappa shape index (κ2) is 8.40. The van der Waals surface area contributed by atoms with Crippen LogP contribution in [-0.4, -0.2) is 64.1 Å². The largest absolute Gasteiger partial charge is 0.493 e. The minimum Gasteiger partial charge on any atom is -0.493 e. The van der Waals surface area contributed by atoms with Crippen LogP contribution in [0.3, 0.4) is 0 Å². The van der Waals surface area contributed by atoms with E-state index in [4.69, 9.17) is 23.7 Å². The monoisotopic (exact) mass is 453 g/mol. The molecule has 0 saturated heterocycles. The first-order valence-electron chi connectivity index (χ1n) is 10.8. The first-order valence-corrected chi connectivity index (χ1v) is 10.8. The molecule has 9 heteroatoms. The van der Waals surface area contributed by atoms with Gasteiger partial charge in [-0.15, -0.1) is 0 Å². The number of aromatic amines is 1. The summed E-state index contributed by atoms with van der Waals surface area (Å²) in [6, 6.07) is 7.44. The molecule has 3 heterocycles. The highest BCUT2D eigenvalue weighted by Gasteiger charge is 2.34. The molecule has 1 unspecified atom stereocenters. The predicted octanol–water partition coefficient (Wildman–Crippen LogP) is 2.88. The molecule has 0 bridgehead atoms. The highest BCUT2D eigenvalue weighted by molar-refractivity contribution is 5.98. The van der Waals surface area contributed by atoms with Gasteiger partial charge in [0.15, 0.2) is 23.0 Å². The highest BCUT2D eigenvalue weighted by Crippen LogP contribution is 2.49. The van der Waals surface area contributed by atoms with Crippen molar-refractivity contribution in [1.82, 2.24) is 15.2 Å². The van der Waals surface area contributed by atoms with E-state index in [1.165, 1.54) is 0 Å². The third-order valence-electron chi connectivity index (χ3n) is 6.37. The van der Waals surface area contributed by atoms with Crippen molar-refractivity contribution in [3.05, 3.63) is 41.1 Å². The summed E-state index contributed by atoms with van der Waals surface area (Å²) in [4.78, 5) is 18.4. The normalized spacial score (nSPS) is 17.0. The number of ether oxygens (including phenoxy) is 5. The Morgan fingerprint density at radius 2 is 1.91 bits per heavy atom. The third kappa shape index (κ3) is 3.58. The summed E-state index contributed by atoms with van der Waals surface area (Å²) < 4.78 is 27.7. The number of H-pyrrole nitrogens is 1. The molecule has 1 atom stereocenters. The first-order chi connectivity index (χ1) is 16.0. The average Bonchev–Trinajstić information content (AvgIpc) is 3.47. The summed E-state index contributed by atoms with van der Waals surface area (Å²) in [6.45, 7) is 1.46. The lowest BCUT2D eigenvalue weighted by Crippen LogP contribution is -2.40. The fraction of sp³-hybridized carbons (Fsp3) is 0.375. The van der Waals surface area contributed by atoms with Gasteiger partial charge in [-0.2, -0.15) is 0 Å². The van der Waals surface area contributed by atoms with Gasteiger partial charge in [0.2, 0.25) is 12.5 Å². The SMILES string of the molecule is COc1cc2cc(C(=O)NCC3c4c(cc5c(c4OC)OCO5)CCN3C)[nH]c2cc1OC. The van der Waals surface area contributed by atoms with Crippen molar-refractivity contribution in [2.45, 2.75) is 12.5 Å². The number of benzene rings is 2. The smallest absolute Gasteiger partial charge is 0.267 e. The zero-order valence-corrected chi connectivity index (χ0v) is 19.1. The van der Waals surface area contributed by atoms with Gasteiger partial charge < -0.3 is 34.0 Å². The predicted molar refractivity (Wildman–Crippen MR) is 122 cm³/mol. The Labute approximate surface area is 191 Å². The van der Waals surface area contributed by atoms with Gasteiger partial charge in [-0.3, -0.25) is 9.69 Å². The molecule has 174 valence electrons. The molecule has 2 aliphatic rings. The Morgan fingerprint density at radius 1 is 1.12 bits per heavy atom. The van der Waals surface area contributed by atoms with Gasteiger partial charge in [0.25, 0.3) is 5.91 Å². The fourth-order valence-corrected chi connectivity index (χ4v) is 4.65. The molecule has 2 N–H and O–H groups in total. The van der Waals surface area contributed by atoms with Crippen LogP contribution in [0, 0.1) is 0 Å². The van der Waals surface area contributed by atoms with Crippen LogP contribution in [0.25, 0.3) is 10.9 Å². The van der Waals surface area contributed by atoms with E-state index in [0.29, 0.717) is 41.0 Å². The molecule has 9 nitrogen and oxygen atoms in total. The summed E-state index contributed by atoms with van der Waals surface area (Å²) in [5.74, 6) is 3.04. The van der Waals surface area contributed by atoms with Crippen molar-refractivity contribution in [2.75, 3.05) is 48.3 Å². The standard InChI is InChI=1S/C24H27N3O6/c1-27-6-5-13-8-20-22(33-12-32-20)23(31-4)21(13)17(27)11-25-24(28)16-7-14-9-18(29-2)19(30-3)10-15(14)26-16/h7-10,17,26H,5-6,11-12H2,1-4H3,(H,25,28). The molecule has 2 aliphatic heterocycles. The number of carbonyl (C=O) groups is 1. The van der Waals surface area contributed by atoms with Crippen LogP contribution in [0.15, 0.2) is 24.3 Å². The number of amides is 1. The zero-order chi connectivity index (χ0) is 23.1. The molecule has 0 aliphatic carbocycles. The molecule has 0 saturated carbocycles. The molecule has 3 aromatic rings. The Balaban J connectivity index is 1.40. The number of nitrogens with one attached hydrogen (secondary N) is 2. The molecular formula is C24H27N3O6. The van der Waals surface area contributed by atoms with Crippen molar-refractivity contribution < 1.29 is 28.5 Å². The van der Waals surface area contributed by atoms with E-state index in [-0.39, 0.29) is 18.7 Å². The summed E-state index contributed by atoms with van der Waals surface area (Å²) >= 11 is 0. The first kappa shape index (κ1) is 21.3. The maximum absolute atomic E-state index is 13.0. The van der Waals surface area contributed by atoms with Crippen LogP contribution in [0.2, 0.25) is 0 Å². The Hall–Kier alpha value is -3.59. The van der Waals surface area contributed by atoms with Crippen molar-refractivity contribution in [3.63, 3.8) is 0 Å². The molecule has 2 aromatic carbocycles. The van der Waals surface area contributed by atoms with E-state index in [1.54, 1.807) is 21.3 Å². The van der Waals surface area contributed by atoms with Crippen LogP contribution < -0.4 is 29.0 Å². The van der Waals surface area contributed by atoms with E-state index in [0.717, 1.165) is 35.0 Å². The maximum Gasteiger partial charge on any atom is 0.267 e. The van der Waals surface area contributed by atoms with E-state index in [1.807, 2.05) is 31.3 Å². The lowest BCUT2D eigenvalue weighted by molar-refractivity contribution is 0.0931. The molecule has 1 aromatic heterocycles. The van der Waals surface area contributed by atoms with E-state index in [9.17, 15) is 4.79 Å². The van der Waals surface area contributed by atoms with Gasteiger partial charge >= 0.3 is 0 Å². The second-order valence-corrected chi connectivity index (χ2v) is 8.15. The summed E-state index contributed by atoms with van der Waals surface area (Å²) in [5, 5.41) is 3.94. The number of aromatic nitrogens is 1. The van der Waals surface area contributed by atoms with Gasteiger partial charge in [-0.1, -0.05) is 0 Å². The van der Waals surface area contributed by atoms with E-state index in [2.05, 4.69) is 15.2 Å². The van der Waals surface area contributed by atoms with Gasteiger partial charge in [0, 0.05) is 35.6 Å². The number of carbonyl (C=O) groups excluding carboxylic acids is 1. The number of hydrogen-bond donors (Lipinski definition) is 2. The third-order valence-corrected chi connectivity index (χ3v) is 6.37. The minimum absolute atomic E-state index is 0.0632. The molecule has 5 rings (SSSR count). The van der Waals surface area contributed by atoms with Crippen LogP contribution >= 0.6 is 0 Å². The van der Waals surface area contributed by atoms with E-state index < -0.39 is 0 Å². The van der Waals surface area contributed by atoms with Gasteiger partial charge in [0.1, 0.15) is 5.69 Å². The molecule has 0 spiro atoms. The Kier molecular flexibility index (Phi) is 5.41. The molecular weight excluding hydrogens is 426 g/mol. The van der Waals surface area contributed by atoms with Crippen LogP contribution in [-0.2, 0) is 6.42 Å². The van der Waals surface area contributed by atoms with Crippen LogP contribution in [0.4, 0.5) is 0 Å². The lowest BCUT2D eigenvalue weighted by Gasteiger charge is -2.35. The second-order valence-electron chi connectivity index (χ2n) is 8.15. The highest BCUT2D eigenvalue weighted by atomic mass is 16.7. The van der Waals surface area contributed by atoms with Gasteiger partial charge in [0.05, 0.1) is 27.4 Å². The Morgan fingerprint density at radius 3 is 2.67 bits per heavy atom. The molecule has 0 radical (unpaired) electrons. The topological polar surface area (TPSA) is 94.3 Å². The number of rotatable bonds is 6. The fourth-order valence-electron chi connectivity index (χ4n) is 4.65. The average molecular weight is 453 g/mol. The summed E-state index contributed by atoms with van der Waals surface area (Å²) in [6.07, 6.45) is 0.870. The van der Waals surface area contributed by atoms with Crippen LogP contribution in [0.5, 0.6) is 28.7 Å². The number of methoxy groups -OCH3 is 3. The maximum atomic E-state index is 13.0. The number of fused-ring (bicyclic) bond motifs is 3. The molecule has 0 fully saturated rings. The van der Waals surface area contributed by atoms with Gasteiger partial charge in [-0.25, -0.2) is 0 Å². The molecule has 33 heavy (non-hydrogen) atoms. The number of likely N-dealkylation sites (N-methyl/N-ethyl adjacent to an activating group) is 1. The molecule has 1 amide bonds. The van der Waals surface area contributed by atoms with Crippen molar-refractivity contribution in [3.8, 4) is 28.7 Å². The van der Waals surface area contributed by atoms with Crippen molar-refractivity contribution in [2.24, 2.45) is 0 Å². The zero-order valence-electron chi connectivity index (χ0n) is 19.1. The summed E-state index contributed by atoms with van der Waals surface area (Å²) in [5.41, 5.74) is 3.45.